The highest BCUT2D eigenvalue weighted by Crippen LogP contribution is 2.09. The molecule has 0 saturated carbocycles. The van der Waals surface area contributed by atoms with Gasteiger partial charge >= 0.3 is 6.09 Å². The first-order valence-electron chi connectivity index (χ1n) is 10.8. The highest BCUT2D eigenvalue weighted by molar-refractivity contribution is 5.92. The first kappa shape index (κ1) is 29.6. The number of hydrogen-bond donors (Lipinski definition) is 4. The summed E-state index contributed by atoms with van der Waals surface area (Å²) in [6, 6.07) is -2.52. The molecule has 0 aliphatic rings. The maximum absolute atomic E-state index is 12.7. The van der Waals surface area contributed by atoms with Crippen LogP contribution < -0.4 is 21.5 Å². The molecule has 0 saturated heterocycles. The van der Waals surface area contributed by atoms with Crippen molar-refractivity contribution in [1.29, 1.82) is 0 Å². The Labute approximate surface area is 191 Å². The third-order valence-corrected chi connectivity index (χ3v) is 4.34. The molecule has 4 amide bonds. The van der Waals surface area contributed by atoms with Gasteiger partial charge in [-0.15, -0.1) is 0 Å². The number of hydrazine groups is 1. The summed E-state index contributed by atoms with van der Waals surface area (Å²) in [4.78, 5) is 54.6. The maximum Gasteiger partial charge on any atom is 0.422 e. The van der Waals surface area contributed by atoms with E-state index >= 15 is 0 Å². The van der Waals surface area contributed by atoms with Crippen molar-refractivity contribution < 1.29 is 28.8 Å². The van der Waals surface area contributed by atoms with Crippen LogP contribution in [0.15, 0.2) is 0 Å². The van der Waals surface area contributed by atoms with E-state index in [0.29, 0.717) is 6.42 Å². The maximum atomic E-state index is 12.7. The fraction of sp³-hybridized carbons (Fsp3) is 0.810. The fourth-order valence-electron chi connectivity index (χ4n) is 2.64. The summed E-state index contributed by atoms with van der Waals surface area (Å²) < 4.78 is 5.14. The van der Waals surface area contributed by atoms with Crippen LogP contribution in [0.1, 0.15) is 61.8 Å². The first-order chi connectivity index (χ1) is 14.6. The van der Waals surface area contributed by atoms with E-state index in [-0.39, 0.29) is 11.8 Å². The molecule has 186 valence electrons. The van der Waals surface area contributed by atoms with Crippen LogP contribution >= 0.6 is 0 Å². The van der Waals surface area contributed by atoms with Crippen LogP contribution in [0.3, 0.4) is 0 Å². The molecule has 0 radical (unpaired) electrons. The lowest BCUT2D eigenvalue weighted by Gasteiger charge is -2.27. The Morgan fingerprint density at radius 2 is 1.50 bits per heavy atom. The van der Waals surface area contributed by atoms with E-state index in [9.17, 15) is 19.2 Å². The molecule has 0 spiro atoms. The van der Waals surface area contributed by atoms with Gasteiger partial charge in [-0.25, -0.2) is 15.3 Å². The van der Waals surface area contributed by atoms with E-state index in [1.165, 1.54) is 21.1 Å². The largest absolute Gasteiger partial charge is 0.443 e. The number of likely N-dealkylation sites (N-methyl/N-ethyl adjacent to an activating group) is 1. The normalized spacial score (nSPS) is 14.4. The van der Waals surface area contributed by atoms with Crippen molar-refractivity contribution in [3.8, 4) is 0 Å². The van der Waals surface area contributed by atoms with Crippen molar-refractivity contribution in [2.75, 3.05) is 14.2 Å². The van der Waals surface area contributed by atoms with Crippen molar-refractivity contribution in [3.05, 3.63) is 0 Å². The van der Waals surface area contributed by atoms with Crippen LogP contribution in [0.25, 0.3) is 0 Å². The Kier molecular flexibility index (Phi) is 12.2. The van der Waals surface area contributed by atoms with Crippen molar-refractivity contribution >= 4 is 23.8 Å². The van der Waals surface area contributed by atoms with Gasteiger partial charge in [0.25, 0.3) is 5.91 Å². The quantitative estimate of drug-likeness (QED) is 0.339. The first-order valence-corrected chi connectivity index (χ1v) is 10.8. The monoisotopic (exact) mass is 459 g/mol. The lowest BCUT2D eigenvalue weighted by Crippen LogP contribution is -2.59. The van der Waals surface area contributed by atoms with E-state index < -0.39 is 47.5 Å². The molecule has 0 aromatic rings. The minimum Gasteiger partial charge on any atom is -0.443 e. The molecule has 3 atom stereocenters. The van der Waals surface area contributed by atoms with Gasteiger partial charge in [0.05, 0.1) is 7.11 Å². The topological polar surface area (TPSA) is 138 Å². The van der Waals surface area contributed by atoms with Crippen molar-refractivity contribution in [2.24, 2.45) is 11.8 Å². The second-order valence-electron chi connectivity index (χ2n) is 9.43. The number of amides is 4. The van der Waals surface area contributed by atoms with Crippen LogP contribution in [-0.2, 0) is 24.0 Å². The molecular formula is C21H41N5O6. The van der Waals surface area contributed by atoms with E-state index in [1.54, 1.807) is 34.6 Å². The number of hydrogen-bond acceptors (Lipinski definition) is 7. The molecule has 0 aromatic heterocycles. The molecule has 0 fully saturated rings. The van der Waals surface area contributed by atoms with Crippen molar-refractivity contribution in [1.82, 2.24) is 26.5 Å². The van der Waals surface area contributed by atoms with Crippen molar-refractivity contribution in [3.63, 3.8) is 0 Å². The van der Waals surface area contributed by atoms with E-state index in [0.717, 1.165) is 5.06 Å². The number of carbonyl (C=O) groups excluding carboxylic acids is 4. The number of nitrogens with zero attached hydrogens (tertiary/aromatic N) is 1. The average Bonchev–Trinajstić information content (AvgIpc) is 2.63. The van der Waals surface area contributed by atoms with E-state index in [4.69, 9.17) is 9.57 Å². The number of rotatable bonds is 11. The third-order valence-electron chi connectivity index (χ3n) is 4.34. The van der Waals surface area contributed by atoms with Gasteiger partial charge in [0.1, 0.15) is 23.7 Å². The number of nitrogens with one attached hydrogen (secondary N) is 4. The van der Waals surface area contributed by atoms with Gasteiger partial charge in [0, 0.05) is 7.05 Å². The Morgan fingerprint density at radius 1 is 0.938 bits per heavy atom. The Morgan fingerprint density at radius 3 is 1.94 bits per heavy atom. The van der Waals surface area contributed by atoms with Gasteiger partial charge in [-0.05, 0) is 46.0 Å². The number of carbonyl (C=O) groups is 4. The average molecular weight is 460 g/mol. The summed E-state index contributed by atoms with van der Waals surface area (Å²) >= 11 is 0. The van der Waals surface area contributed by atoms with Gasteiger partial charge in [-0.3, -0.25) is 24.6 Å². The SMILES string of the molecule is CON(C)C(=O)[C@H](CC(C)C)NC(=O)[C@H](C)NC(=O)[C@@H](NNC(=O)OC(C)(C)C)C(C)C. The summed E-state index contributed by atoms with van der Waals surface area (Å²) in [5.41, 5.74) is 4.32. The Hall–Kier alpha value is -2.40. The highest BCUT2D eigenvalue weighted by Gasteiger charge is 2.30. The molecule has 0 heterocycles. The zero-order valence-corrected chi connectivity index (χ0v) is 21.0. The molecule has 0 rings (SSSR count). The van der Waals surface area contributed by atoms with Gasteiger partial charge in [-0.1, -0.05) is 27.7 Å². The standard InChI is InChI=1S/C21H41N5O6/c1-12(2)11-15(19(29)26(9)31-10)23-17(27)14(5)22-18(28)16(13(3)4)24-25-20(30)32-21(6,7)8/h12-16,24H,11H2,1-10H3,(H,22,28)(H,23,27)(H,25,30)/t14-,15-,16-/m0/s1. The smallest absolute Gasteiger partial charge is 0.422 e. The zero-order valence-electron chi connectivity index (χ0n) is 21.0. The molecule has 0 aromatic carbocycles. The van der Waals surface area contributed by atoms with Crippen molar-refractivity contribution in [2.45, 2.75) is 85.5 Å². The van der Waals surface area contributed by atoms with Gasteiger partial charge < -0.3 is 15.4 Å². The Bertz CT molecular complexity index is 647. The van der Waals surface area contributed by atoms with E-state index in [2.05, 4.69) is 21.5 Å². The summed E-state index contributed by atoms with van der Waals surface area (Å²) in [5.74, 6) is -1.45. The minimum atomic E-state index is -0.914. The fourth-order valence-corrected chi connectivity index (χ4v) is 2.64. The van der Waals surface area contributed by atoms with Gasteiger partial charge in [-0.2, -0.15) is 0 Å². The third kappa shape index (κ3) is 11.3. The van der Waals surface area contributed by atoms with Crippen LogP contribution in [0, 0.1) is 11.8 Å². The molecule has 0 bridgehead atoms. The molecule has 0 unspecified atom stereocenters. The summed E-state index contributed by atoms with van der Waals surface area (Å²) in [7, 11) is 2.82. The summed E-state index contributed by atoms with van der Waals surface area (Å²) in [5, 5.41) is 6.34. The van der Waals surface area contributed by atoms with Gasteiger partial charge in [0.2, 0.25) is 11.8 Å². The van der Waals surface area contributed by atoms with Crippen LogP contribution in [0.4, 0.5) is 4.79 Å². The predicted octanol–water partition coefficient (Wildman–Crippen LogP) is 1.10. The predicted molar refractivity (Wildman–Crippen MR) is 120 cm³/mol. The van der Waals surface area contributed by atoms with Gasteiger partial charge in [0.15, 0.2) is 0 Å². The second kappa shape index (κ2) is 13.2. The molecular weight excluding hydrogens is 418 g/mol. The second-order valence-corrected chi connectivity index (χ2v) is 9.43. The van der Waals surface area contributed by atoms with Crippen LogP contribution in [-0.4, -0.2) is 66.8 Å². The molecule has 11 heteroatoms. The lowest BCUT2D eigenvalue weighted by atomic mass is 10.0. The molecule has 0 aliphatic carbocycles. The Balaban J connectivity index is 5.05. The molecule has 4 N–H and O–H groups in total. The molecule has 32 heavy (non-hydrogen) atoms. The number of hydroxylamine groups is 2. The number of ether oxygens (including phenoxy) is 1. The van der Waals surface area contributed by atoms with Crippen LogP contribution in [0.2, 0.25) is 0 Å². The highest BCUT2D eigenvalue weighted by atomic mass is 16.7. The molecule has 11 nitrogen and oxygen atoms in total. The molecule has 0 aliphatic heterocycles. The zero-order chi connectivity index (χ0) is 25.2. The minimum absolute atomic E-state index is 0.146. The summed E-state index contributed by atoms with van der Waals surface area (Å²) in [6.07, 6.45) is -0.311. The van der Waals surface area contributed by atoms with E-state index in [1.807, 2.05) is 13.8 Å². The van der Waals surface area contributed by atoms with Crippen LogP contribution in [0.5, 0.6) is 0 Å². The summed E-state index contributed by atoms with van der Waals surface area (Å²) in [6.45, 7) is 14.1. The lowest BCUT2D eigenvalue weighted by molar-refractivity contribution is -0.172.